The second kappa shape index (κ2) is 5.09. The second-order valence-electron chi connectivity index (χ2n) is 3.83. The topological polar surface area (TPSA) is 49.5 Å². The zero-order valence-corrected chi connectivity index (χ0v) is 9.00. The molecular weight excluding hydrogens is 206 g/mol. The summed E-state index contributed by atoms with van der Waals surface area (Å²) in [6, 6.07) is 9.46. The average molecular weight is 221 g/mol. The number of β-amino-alcohol motifs (C(OH)–C–C–N with tert-alkyl or cyclic N) is 1. The minimum atomic E-state index is -0.197. The number of nitrogens with zero attached hydrogens (tertiary/aromatic N) is 1. The summed E-state index contributed by atoms with van der Waals surface area (Å²) in [5.41, 5.74) is 0.991. The van der Waals surface area contributed by atoms with Gasteiger partial charge in [0.15, 0.2) is 0 Å². The molecule has 1 fully saturated rings. The van der Waals surface area contributed by atoms with Crippen molar-refractivity contribution in [2.45, 2.75) is 12.6 Å². The lowest BCUT2D eigenvalue weighted by Gasteiger charge is -2.04. The van der Waals surface area contributed by atoms with Crippen LogP contribution in [0.5, 0.6) is 0 Å². The molecule has 2 unspecified atom stereocenters. The van der Waals surface area contributed by atoms with Crippen LogP contribution in [0.1, 0.15) is 5.56 Å². The third kappa shape index (κ3) is 2.81. The molecule has 0 spiro atoms. The molecule has 1 heterocycles. The molecule has 1 aliphatic heterocycles. The number of hydrogen-bond acceptors (Lipinski definition) is 4. The molecule has 0 saturated carbocycles. The van der Waals surface area contributed by atoms with Gasteiger partial charge in [0.2, 0.25) is 0 Å². The van der Waals surface area contributed by atoms with Crippen LogP contribution in [-0.4, -0.2) is 41.7 Å². The Morgan fingerprint density at radius 2 is 2.19 bits per heavy atom. The first-order valence-electron chi connectivity index (χ1n) is 5.36. The first-order valence-corrected chi connectivity index (χ1v) is 5.36. The molecule has 1 saturated heterocycles. The standard InChI is InChI=1S/C12H15NO3/c14-7-6-13-8-11(13)12(15)16-9-10-4-2-1-3-5-10/h1-5,11,14H,6-9H2. The SMILES string of the molecule is O=C(OCc1ccccc1)C1CN1CCO. The van der Waals surface area contributed by atoms with E-state index in [2.05, 4.69) is 0 Å². The molecule has 0 amide bonds. The summed E-state index contributed by atoms with van der Waals surface area (Å²) in [6.45, 7) is 1.66. The van der Waals surface area contributed by atoms with Crippen LogP contribution in [0, 0.1) is 0 Å². The Hall–Kier alpha value is -1.39. The largest absolute Gasteiger partial charge is 0.460 e. The number of rotatable bonds is 5. The maximum atomic E-state index is 11.5. The highest BCUT2D eigenvalue weighted by Crippen LogP contribution is 2.18. The fourth-order valence-electron chi connectivity index (χ4n) is 1.60. The molecule has 2 atom stereocenters. The van der Waals surface area contributed by atoms with Crippen molar-refractivity contribution in [2.75, 3.05) is 19.7 Å². The van der Waals surface area contributed by atoms with E-state index in [0.29, 0.717) is 19.7 Å². The molecule has 1 N–H and O–H groups in total. The number of aliphatic hydroxyl groups excluding tert-OH is 1. The van der Waals surface area contributed by atoms with E-state index in [-0.39, 0.29) is 18.6 Å². The summed E-state index contributed by atoms with van der Waals surface area (Å²) in [4.78, 5) is 13.4. The van der Waals surface area contributed by atoms with Gasteiger partial charge in [-0.05, 0) is 5.56 Å². The first-order chi connectivity index (χ1) is 7.81. The van der Waals surface area contributed by atoms with E-state index in [0.717, 1.165) is 5.56 Å². The lowest BCUT2D eigenvalue weighted by atomic mass is 10.2. The van der Waals surface area contributed by atoms with Gasteiger partial charge in [0, 0.05) is 13.1 Å². The van der Waals surface area contributed by atoms with E-state index in [4.69, 9.17) is 9.84 Å². The van der Waals surface area contributed by atoms with Gasteiger partial charge in [-0.25, -0.2) is 0 Å². The third-order valence-corrected chi connectivity index (χ3v) is 2.60. The molecule has 2 rings (SSSR count). The van der Waals surface area contributed by atoms with Crippen LogP contribution in [0.15, 0.2) is 30.3 Å². The Labute approximate surface area is 94.4 Å². The fourth-order valence-corrected chi connectivity index (χ4v) is 1.60. The zero-order chi connectivity index (χ0) is 11.4. The second-order valence-corrected chi connectivity index (χ2v) is 3.83. The Kier molecular flexibility index (Phi) is 3.54. The maximum Gasteiger partial charge on any atom is 0.325 e. The molecule has 0 bridgehead atoms. The summed E-state index contributed by atoms with van der Waals surface area (Å²) in [7, 11) is 0. The highest BCUT2D eigenvalue weighted by atomic mass is 16.5. The van der Waals surface area contributed by atoms with Crippen LogP contribution in [-0.2, 0) is 16.1 Å². The van der Waals surface area contributed by atoms with Crippen molar-refractivity contribution in [3.8, 4) is 0 Å². The van der Waals surface area contributed by atoms with E-state index >= 15 is 0 Å². The molecule has 4 heteroatoms. The number of aliphatic hydroxyl groups is 1. The number of benzene rings is 1. The number of carbonyl (C=O) groups excluding carboxylic acids is 1. The zero-order valence-electron chi connectivity index (χ0n) is 9.00. The van der Waals surface area contributed by atoms with Crippen molar-refractivity contribution in [1.82, 2.24) is 4.90 Å². The van der Waals surface area contributed by atoms with Gasteiger partial charge in [-0.1, -0.05) is 30.3 Å². The average Bonchev–Trinajstić information content (AvgIpc) is 3.07. The molecule has 0 aliphatic carbocycles. The first kappa shape index (κ1) is 11.1. The van der Waals surface area contributed by atoms with Crippen molar-refractivity contribution in [2.24, 2.45) is 0 Å². The van der Waals surface area contributed by atoms with Gasteiger partial charge in [0.25, 0.3) is 0 Å². The van der Waals surface area contributed by atoms with E-state index < -0.39 is 0 Å². The van der Waals surface area contributed by atoms with Crippen LogP contribution in [0.4, 0.5) is 0 Å². The quantitative estimate of drug-likeness (QED) is 0.578. The lowest BCUT2D eigenvalue weighted by molar-refractivity contribution is -0.145. The molecule has 16 heavy (non-hydrogen) atoms. The normalized spacial score (nSPS) is 22.8. The molecular formula is C12H15NO3. The number of carbonyl (C=O) groups is 1. The minimum absolute atomic E-state index is 0.0858. The molecule has 1 aromatic carbocycles. The van der Waals surface area contributed by atoms with Crippen molar-refractivity contribution in [1.29, 1.82) is 0 Å². The summed E-state index contributed by atoms with van der Waals surface area (Å²) in [5, 5.41) is 8.69. The maximum absolute atomic E-state index is 11.5. The number of ether oxygens (including phenoxy) is 1. The number of hydrogen-bond donors (Lipinski definition) is 1. The highest BCUT2D eigenvalue weighted by molar-refractivity contribution is 5.79. The Bertz CT molecular complexity index is 353. The molecule has 0 aromatic heterocycles. The van der Waals surface area contributed by atoms with Crippen LogP contribution < -0.4 is 0 Å². The Balaban J connectivity index is 1.73. The minimum Gasteiger partial charge on any atom is -0.460 e. The molecule has 86 valence electrons. The van der Waals surface area contributed by atoms with E-state index in [1.54, 1.807) is 0 Å². The lowest BCUT2D eigenvalue weighted by Crippen LogP contribution is -2.18. The Morgan fingerprint density at radius 1 is 1.44 bits per heavy atom. The summed E-state index contributed by atoms with van der Waals surface area (Å²) in [6.07, 6.45) is 0. The van der Waals surface area contributed by atoms with Gasteiger partial charge in [-0.3, -0.25) is 9.69 Å². The molecule has 1 aliphatic rings. The van der Waals surface area contributed by atoms with E-state index in [1.807, 2.05) is 35.2 Å². The highest BCUT2D eigenvalue weighted by Gasteiger charge is 2.40. The van der Waals surface area contributed by atoms with Gasteiger partial charge in [0.05, 0.1) is 6.61 Å². The van der Waals surface area contributed by atoms with Crippen molar-refractivity contribution < 1.29 is 14.6 Å². The van der Waals surface area contributed by atoms with Crippen LogP contribution >= 0.6 is 0 Å². The smallest absolute Gasteiger partial charge is 0.325 e. The third-order valence-electron chi connectivity index (χ3n) is 2.60. The van der Waals surface area contributed by atoms with Crippen molar-refractivity contribution >= 4 is 5.97 Å². The van der Waals surface area contributed by atoms with Gasteiger partial charge in [-0.15, -0.1) is 0 Å². The molecule has 4 nitrogen and oxygen atoms in total. The monoisotopic (exact) mass is 221 g/mol. The van der Waals surface area contributed by atoms with Gasteiger partial charge in [-0.2, -0.15) is 0 Å². The summed E-state index contributed by atoms with van der Waals surface area (Å²) < 4.78 is 5.17. The van der Waals surface area contributed by atoms with Crippen LogP contribution in [0.3, 0.4) is 0 Å². The van der Waals surface area contributed by atoms with Gasteiger partial charge < -0.3 is 9.84 Å². The fraction of sp³-hybridized carbons (Fsp3) is 0.417. The molecule has 1 aromatic rings. The van der Waals surface area contributed by atoms with Gasteiger partial charge >= 0.3 is 5.97 Å². The van der Waals surface area contributed by atoms with Crippen molar-refractivity contribution in [3.63, 3.8) is 0 Å². The van der Waals surface area contributed by atoms with E-state index in [1.165, 1.54) is 0 Å². The molecule has 0 radical (unpaired) electrons. The predicted molar refractivity (Wildman–Crippen MR) is 58.7 cm³/mol. The summed E-state index contributed by atoms with van der Waals surface area (Å²) in [5.74, 6) is -0.197. The number of esters is 1. The summed E-state index contributed by atoms with van der Waals surface area (Å²) >= 11 is 0. The van der Waals surface area contributed by atoms with E-state index in [9.17, 15) is 4.79 Å². The van der Waals surface area contributed by atoms with Crippen LogP contribution in [0.25, 0.3) is 0 Å². The van der Waals surface area contributed by atoms with Crippen LogP contribution in [0.2, 0.25) is 0 Å². The predicted octanol–water partition coefficient (Wildman–Crippen LogP) is 0.406. The Morgan fingerprint density at radius 3 is 2.88 bits per heavy atom. The van der Waals surface area contributed by atoms with Gasteiger partial charge in [0.1, 0.15) is 12.6 Å². The van der Waals surface area contributed by atoms with Crippen molar-refractivity contribution in [3.05, 3.63) is 35.9 Å².